The number of carbonyl (C=O) groups excluding carboxylic acids is 1. The van der Waals surface area contributed by atoms with Gasteiger partial charge in [0.25, 0.3) is 5.91 Å². The van der Waals surface area contributed by atoms with Crippen molar-refractivity contribution >= 4 is 12.0 Å². The molecule has 1 amide bonds. The van der Waals surface area contributed by atoms with Crippen molar-refractivity contribution in [2.45, 2.75) is 33.1 Å². The second kappa shape index (κ2) is 7.66. The summed E-state index contributed by atoms with van der Waals surface area (Å²) in [4.78, 5) is 11.6. The van der Waals surface area contributed by atoms with Gasteiger partial charge in [-0.3, -0.25) is 4.79 Å². The number of benzene rings is 1. The number of amides is 1. The van der Waals surface area contributed by atoms with E-state index in [2.05, 4.69) is 24.4 Å². The molecule has 0 fully saturated rings. The minimum Gasteiger partial charge on any atom is -0.352 e. The van der Waals surface area contributed by atoms with Crippen LogP contribution in [0.1, 0.15) is 49.0 Å². The van der Waals surface area contributed by atoms with Crippen molar-refractivity contribution in [1.82, 2.24) is 5.32 Å². The van der Waals surface area contributed by atoms with Crippen molar-refractivity contribution in [1.29, 1.82) is 0 Å². The van der Waals surface area contributed by atoms with Gasteiger partial charge in [0.05, 0.1) is 0 Å². The molecule has 1 N–H and O–H groups in total. The van der Waals surface area contributed by atoms with Gasteiger partial charge in [-0.25, -0.2) is 0 Å². The Kier molecular flexibility index (Phi) is 6.08. The van der Waals surface area contributed by atoms with Gasteiger partial charge in [-0.05, 0) is 30.5 Å². The molecule has 0 unspecified atom stereocenters. The van der Waals surface area contributed by atoms with E-state index in [0.717, 1.165) is 36.9 Å². The van der Waals surface area contributed by atoms with Crippen LogP contribution in [0.15, 0.2) is 30.3 Å². The van der Waals surface area contributed by atoms with Gasteiger partial charge in [0, 0.05) is 12.1 Å². The molecule has 0 heterocycles. The SMILES string of the molecule is CCCC=Cc1ccc(C(=O)NCCC)cc1. The first kappa shape index (κ1) is 13.5. The van der Waals surface area contributed by atoms with Crippen molar-refractivity contribution in [2.24, 2.45) is 0 Å². The van der Waals surface area contributed by atoms with E-state index < -0.39 is 0 Å². The van der Waals surface area contributed by atoms with Gasteiger partial charge < -0.3 is 5.32 Å². The van der Waals surface area contributed by atoms with Crippen LogP contribution in [0.2, 0.25) is 0 Å². The van der Waals surface area contributed by atoms with Crippen LogP contribution in [-0.4, -0.2) is 12.5 Å². The Hall–Kier alpha value is -1.57. The van der Waals surface area contributed by atoms with Gasteiger partial charge in [0.2, 0.25) is 0 Å². The zero-order valence-electron chi connectivity index (χ0n) is 10.7. The Morgan fingerprint density at radius 1 is 1.18 bits per heavy atom. The van der Waals surface area contributed by atoms with Crippen LogP contribution in [0.25, 0.3) is 6.08 Å². The molecule has 0 spiro atoms. The standard InChI is InChI=1S/C15H21NO/c1-3-5-6-7-13-8-10-14(11-9-13)15(17)16-12-4-2/h6-11H,3-5,12H2,1-2H3,(H,16,17). The van der Waals surface area contributed by atoms with E-state index in [9.17, 15) is 4.79 Å². The third kappa shape index (κ3) is 4.85. The fourth-order valence-corrected chi connectivity index (χ4v) is 1.47. The lowest BCUT2D eigenvalue weighted by Crippen LogP contribution is -2.23. The number of unbranched alkanes of at least 4 members (excludes halogenated alkanes) is 1. The van der Waals surface area contributed by atoms with Gasteiger partial charge in [-0.2, -0.15) is 0 Å². The van der Waals surface area contributed by atoms with Crippen LogP contribution >= 0.6 is 0 Å². The summed E-state index contributed by atoms with van der Waals surface area (Å²) >= 11 is 0. The van der Waals surface area contributed by atoms with Gasteiger partial charge in [0.15, 0.2) is 0 Å². The summed E-state index contributed by atoms with van der Waals surface area (Å²) in [6.07, 6.45) is 7.47. The number of allylic oxidation sites excluding steroid dienone is 1. The third-order valence-corrected chi connectivity index (χ3v) is 2.47. The Morgan fingerprint density at radius 2 is 1.88 bits per heavy atom. The second-order valence-electron chi connectivity index (χ2n) is 4.07. The molecule has 0 saturated heterocycles. The summed E-state index contributed by atoms with van der Waals surface area (Å²) in [6.45, 7) is 4.93. The highest BCUT2D eigenvalue weighted by Crippen LogP contribution is 2.07. The topological polar surface area (TPSA) is 29.1 Å². The van der Waals surface area contributed by atoms with E-state index in [1.807, 2.05) is 31.2 Å². The number of hydrogen-bond donors (Lipinski definition) is 1. The minimum atomic E-state index is 0.0101. The molecule has 1 aromatic rings. The molecular formula is C15H21NO. The minimum absolute atomic E-state index is 0.0101. The van der Waals surface area contributed by atoms with Gasteiger partial charge in [-0.1, -0.05) is 44.6 Å². The van der Waals surface area contributed by atoms with Crippen molar-refractivity contribution in [3.8, 4) is 0 Å². The van der Waals surface area contributed by atoms with E-state index in [1.54, 1.807) is 0 Å². The summed E-state index contributed by atoms with van der Waals surface area (Å²) in [7, 11) is 0. The molecule has 0 radical (unpaired) electrons. The number of nitrogens with one attached hydrogen (secondary N) is 1. The van der Waals surface area contributed by atoms with E-state index in [4.69, 9.17) is 0 Å². The lowest BCUT2D eigenvalue weighted by atomic mass is 10.1. The van der Waals surface area contributed by atoms with Crippen molar-refractivity contribution in [3.63, 3.8) is 0 Å². The zero-order chi connectivity index (χ0) is 12.5. The Balaban J connectivity index is 2.58. The van der Waals surface area contributed by atoms with Gasteiger partial charge in [-0.15, -0.1) is 0 Å². The smallest absolute Gasteiger partial charge is 0.251 e. The highest BCUT2D eigenvalue weighted by atomic mass is 16.1. The fourth-order valence-electron chi connectivity index (χ4n) is 1.47. The van der Waals surface area contributed by atoms with Crippen molar-refractivity contribution in [3.05, 3.63) is 41.5 Å². The average Bonchev–Trinajstić information content (AvgIpc) is 2.37. The molecule has 1 aromatic carbocycles. The van der Waals surface area contributed by atoms with E-state index >= 15 is 0 Å². The van der Waals surface area contributed by atoms with Crippen LogP contribution in [0, 0.1) is 0 Å². The molecule has 0 aromatic heterocycles. The highest BCUT2D eigenvalue weighted by Gasteiger charge is 2.02. The first-order valence-corrected chi connectivity index (χ1v) is 6.32. The predicted molar refractivity (Wildman–Crippen MR) is 73.0 cm³/mol. The zero-order valence-corrected chi connectivity index (χ0v) is 10.7. The largest absolute Gasteiger partial charge is 0.352 e. The lowest BCUT2D eigenvalue weighted by Gasteiger charge is -2.03. The summed E-state index contributed by atoms with van der Waals surface area (Å²) < 4.78 is 0. The van der Waals surface area contributed by atoms with Crippen LogP contribution in [0.4, 0.5) is 0 Å². The first-order valence-electron chi connectivity index (χ1n) is 6.32. The Bertz CT molecular complexity index is 365. The normalized spacial score (nSPS) is 10.7. The number of carbonyl (C=O) groups is 1. The molecule has 0 bridgehead atoms. The van der Waals surface area contributed by atoms with E-state index in [-0.39, 0.29) is 5.91 Å². The van der Waals surface area contributed by atoms with Crippen molar-refractivity contribution < 1.29 is 4.79 Å². The maximum Gasteiger partial charge on any atom is 0.251 e. The number of rotatable bonds is 6. The summed E-state index contributed by atoms with van der Waals surface area (Å²) in [5, 5.41) is 2.86. The van der Waals surface area contributed by atoms with Crippen LogP contribution < -0.4 is 5.32 Å². The van der Waals surface area contributed by atoms with Crippen LogP contribution in [-0.2, 0) is 0 Å². The Labute approximate surface area is 104 Å². The Morgan fingerprint density at radius 3 is 2.47 bits per heavy atom. The molecule has 2 nitrogen and oxygen atoms in total. The third-order valence-electron chi connectivity index (χ3n) is 2.47. The van der Waals surface area contributed by atoms with Crippen molar-refractivity contribution in [2.75, 3.05) is 6.54 Å². The molecule has 17 heavy (non-hydrogen) atoms. The maximum absolute atomic E-state index is 11.6. The lowest BCUT2D eigenvalue weighted by molar-refractivity contribution is 0.0953. The summed E-state index contributed by atoms with van der Waals surface area (Å²) in [5.41, 5.74) is 1.87. The predicted octanol–water partition coefficient (Wildman–Crippen LogP) is 3.64. The molecule has 0 aliphatic carbocycles. The number of hydrogen-bond acceptors (Lipinski definition) is 1. The molecule has 0 atom stereocenters. The maximum atomic E-state index is 11.6. The highest BCUT2D eigenvalue weighted by molar-refractivity contribution is 5.94. The molecular weight excluding hydrogens is 210 g/mol. The molecule has 0 aliphatic heterocycles. The average molecular weight is 231 g/mol. The second-order valence-corrected chi connectivity index (χ2v) is 4.07. The molecule has 2 heteroatoms. The van der Waals surface area contributed by atoms with E-state index in [0.29, 0.717) is 0 Å². The van der Waals surface area contributed by atoms with Crippen LogP contribution in [0.5, 0.6) is 0 Å². The van der Waals surface area contributed by atoms with E-state index in [1.165, 1.54) is 0 Å². The molecule has 92 valence electrons. The molecule has 1 rings (SSSR count). The first-order chi connectivity index (χ1) is 8.27. The van der Waals surface area contributed by atoms with Gasteiger partial charge >= 0.3 is 0 Å². The van der Waals surface area contributed by atoms with Gasteiger partial charge in [0.1, 0.15) is 0 Å². The summed E-state index contributed by atoms with van der Waals surface area (Å²) in [6, 6.07) is 7.70. The fraction of sp³-hybridized carbons (Fsp3) is 0.400. The molecule has 0 saturated carbocycles. The van der Waals surface area contributed by atoms with Crippen LogP contribution in [0.3, 0.4) is 0 Å². The monoisotopic (exact) mass is 231 g/mol. The quantitative estimate of drug-likeness (QED) is 0.795. The molecule has 0 aliphatic rings. The summed E-state index contributed by atoms with van der Waals surface area (Å²) in [5.74, 6) is 0.0101.